The van der Waals surface area contributed by atoms with Gasteiger partial charge in [-0.25, -0.2) is 5.54 Å². The molecule has 0 fully saturated rings. The maximum atomic E-state index is 12.2. The van der Waals surface area contributed by atoms with Crippen molar-refractivity contribution in [3.8, 4) is 0 Å². The summed E-state index contributed by atoms with van der Waals surface area (Å²) in [6.45, 7) is 4.12. The molecular formula is C10H14FN. The standard InChI is InChI=1S/C10H14FN/c1-3-8-6-5-7-10(12-11)9(8)4-2/h5-7,12H,3-4H2,1-2H3. The molecule has 1 aromatic carbocycles. The summed E-state index contributed by atoms with van der Waals surface area (Å²) in [4.78, 5) is 0. The maximum Gasteiger partial charge on any atom is 0.0690 e. The second-order valence-corrected chi connectivity index (χ2v) is 2.74. The number of nitrogens with one attached hydrogen (secondary N) is 1. The quantitative estimate of drug-likeness (QED) is 0.682. The average Bonchev–Trinajstić information content (AvgIpc) is 2.16. The Hall–Kier alpha value is -1.05. The molecule has 1 rings (SSSR count). The van der Waals surface area contributed by atoms with E-state index in [1.807, 2.05) is 19.1 Å². The SMILES string of the molecule is CCc1cccc(NF)c1CC. The molecule has 0 bridgehead atoms. The smallest absolute Gasteiger partial charge is 0.0690 e. The number of hydrogen-bond donors (Lipinski definition) is 1. The van der Waals surface area contributed by atoms with Crippen molar-refractivity contribution in [1.29, 1.82) is 0 Å². The zero-order valence-corrected chi connectivity index (χ0v) is 7.52. The molecule has 0 heterocycles. The Kier molecular flexibility index (Phi) is 3.09. The van der Waals surface area contributed by atoms with Crippen molar-refractivity contribution < 1.29 is 4.48 Å². The molecule has 0 aromatic heterocycles. The molecule has 0 atom stereocenters. The lowest BCUT2D eigenvalue weighted by atomic mass is 10.0. The van der Waals surface area contributed by atoms with Crippen LogP contribution in [0.2, 0.25) is 0 Å². The lowest BCUT2D eigenvalue weighted by Gasteiger charge is -2.09. The van der Waals surface area contributed by atoms with Gasteiger partial charge in [-0.2, -0.15) is 0 Å². The van der Waals surface area contributed by atoms with Crippen LogP contribution in [0.25, 0.3) is 0 Å². The molecule has 1 N–H and O–H groups in total. The van der Waals surface area contributed by atoms with Crippen LogP contribution in [-0.4, -0.2) is 0 Å². The number of halogens is 1. The van der Waals surface area contributed by atoms with E-state index >= 15 is 0 Å². The normalized spacial score (nSPS) is 9.92. The first-order chi connectivity index (χ1) is 5.83. The summed E-state index contributed by atoms with van der Waals surface area (Å²) in [5, 5.41) is 0. The monoisotopic (exact) mass is 167 g/mol. The van der Waals surface area contributed by atoms with Gasteiger partial charge in [0.2, 0.25) is 0 Å². The Morgan fingerprint density at radius 1 is 1.25 bits per heavy atom. The molecule has 0 unspecified atom stereocenters. The first-order valence-electron chi connectivity index (χ1n) is 4.30. The fourth-order valence-electron chi connectivity index (χ4n) is 1.47. The molecule has 2 heteroatoms. The zero-order chi connectivity index (χ0) is 8.97. The Balaban J connectivity index is 3.13. The van der Waals surface area contributed by atoms with Crippen LogP contribution in [-0.2, 0) is 12.8 Å². The van der Waals surface area contributed by atoms with E-state index in [-0.39, 0.29) is 0 Å². The van der Waals surface area contributed by atoms with Crippen molar-refractivity contribution in [2.45, 2.75) is 26.7 Å². The molecule has 1 aromatic rings. The maximum absolute atomic E-state index is 12.2. The summed E-state index contributed by atoms with van der Waals surface area (Å²) >= 11 is 0. The van der Waals surface area contributed by atoms with Crippen molar-refractivity contribution in [2.24, 2.45) is 0 Å². The minimum absolute atomic E-state index is 0.608. The molecule has 0 spiro atoms. The Labute approximate surface area is 72.5 Å². The second-order valence-electron chi connectivity index (χ2n) is 2.74. The van der Waals surface area contributed by atoms with E-state index in [2.05, 4.69) is 6.92 Å². The molecule has 0 saturated carbocycles. The third-order valence-corrected chi connectivity index (χ3v) is 2.11. The fourth-order valence-corrected chi connectivity index (χ4v) is 1.47. The minimum Gasteiger partial charge on any atom is -0.224 e. The predicted molar refractivity (Wildman–Crippen MR) is 49.9 cm³/mol. The van der Waals surface area contributed by atoms with Gasteiger partial charge in [-0.15, -0.1) is 4.48 Å². The zero-order valence-electron chi connectivity index (χ0n) is 7.52. The number of rotatable bonds is 3. The second kappa shape index (κ2) is 4.10. The van der Waals surface area contributed by atoms with Crippen LogP contribution >= 0.6 is 0 Å². The summed E-state index contributed by atoms with van der Waals surface area (Å²) in [6, 6.07) is 5.68. The molecule has 12 heavy (non-hydrogen) atoms. The molecule has 0 amide bonds. The lowest BCUT2D eigenvalue weighted by molar-refractivity contribution is 0.615. The van der Waals surface area contributed by atoms with Gasteiger partial charge in [0.15, 0.2) is 0 Å². The summed E-state index contributed by atoms with van der Waals surface area (Å²) < 4.78 is 12.2. The van der Waals surface area contributed by atoms with Gasteiger partial charge >= 0.3 is 0 Å². The molecule has 66 valence electrons. The third kappa shape index (κ3) is 1.58. The lowest BCUT2D eigenvalue weighted by Crippen LogP contribution is -1.95. The summed E-state index contributed by atoms with van der Waals surface area (Å²) in [5.41, 5.74) is 4.64. The highest BCUT2D eigenvalue weighted by atomic mass is 19.2. The highest BCUT2D eigenvalue weighted by molar-refractivity contribution is 5.53. The van der Waals surface area contributed by atoms with E-state index in [4.69, 9.17) is 0 Å². The van der Waals surface area contributed by atoms with E-state index in [0.29, 0.717) is 5.69 Å². The Morgan fingerprint density at radius 2 is 2.00 bits per heavy atom. The average molecular weight is 167 g/mol. The van der Waals surface area contributed by atoms with E-state index in [0.717, 1.165) is 18.4 Å². The fraction of sp³-hybridized carbons (Fsp3) is 0.400. The Morgan fingerprint density at radius 3 is 2.50 bits per heavy atom. The largest absolute Gasteiger partial charge is 0.224 e. The number of aryl methyl sites for hydroxylation is 1. The summed E-state index contributed by atoms with van der Waals surface area (Å²) in [7, 11) is 0. The van der Waals surface area contributed by atoms with E-state index in [9.17, 15) is 4.48 Å². The Bertz CT molecular complexity index is 236. The first-order valence-corrected chi connectivity index (χ1v) is 4.30. The van der Waals surface area contributed by atoms with Crippen LogP contribution in [0.3, 0.4) is 0 Å². The van der Waals surface area contributed by atoms with Crippen LogP contribution < -0.4 is 5.54 Å². The van der Waals surface area contributed by atoms with Crippen LogP contribution in [0.1, 0.15) is 25.0 Å². The topological polar surface area (TPSA) is 12.0 Å². The van der Waals surface area contributed by atoms with Crippen molar-refractivity contribution in [2.75, 3.05) is 5.54 Å². The van der Waals surface area contributed by atoms with Gasteiger partial charge in [-0.3, -0.25) is 0 Å². The van der Waals surface area contributed by atoms with Crippen LogP contribution in [0.5, 0.6) is 0 Å². The summed E-state index contributed by atoms with van der Waals surface area (Å²) in [6.07, 6.45) is 1.83. The van der Waals surface area contributed by atoms with E-state index in [1.165, 1.54) is 5.56 Å². The molecule has 1 nitrogen and oxygen atoms in total. The van der Waals surface area contributed by atoms with Crippen molar-refractivity contribution >= 4 is 5.69 Å². The third-order valence-electron chi connectivity index (χ3n) is 2.11. The van der Waals surface area contributed by atoms with Gasteiger partial charge in [0.1, 0.15) is 0 Å². The molecule has 0 aliphatic carbocycles. The van der Waals surface area contributed by atoms with Crippen LogP contribution in [0.4, 0.5) is 10.2 Å². The van der Waals surface area contributed by atoms with Crippen molar-refractivity contribution in [3.63, 3.8) is 0 Å². The van der Waals surface area contributed by atoms with Crippen LogP contribution in [0, 0.1) is 0 Å². The highest BCUT2D eigenvalue weighted by Gasteiger charge is 2.03. The number of benzene rings is 1. The minimum atomic E-state index is 0.608. The van der Waals surface area contributed by atoms with E-state index in [1.54, 1.807) is 11.6 Å². The van der Waals surface area contributed by atoms with Gasteiger partial charge in [-0.05, 0) is 30.0 Å². The molecular weight excluding hydrogens is 153 g/mol. The number of anilines is 1. The molecule has 0 radical (unpaired) electrons. The van der Waals surface area contributed by atoms with Crippen LogP contribution in [0.15, 0.2) is 18.2 Å². The number of hydrogen-bond acceptors (Lipinski definition) is 1. The highest BCUT2D eigenvalue weighted by Crippen LogP contribution is 2.21. The predicted octanol–water partition coefficient (Wildman–Crippen LogP) is 3.11. The molecule has 0 aliphatic rings. The first kappa shape index (κ1) is 9.04. The van der Waals surface area contributed by atoms with Gasteiger partial charge < -0.3 is 0 Å². The van der Waals surface area contributed by atoms with Gasteiger partial charge in [0.25, 0.3) is 0 Å². The summed E-state index contributed by atoms with van der Waals surface area (Å²) in [5.74, 6) is 0. The van der Waals surface area contributed by atoms with Gasteiger partial charge in [0.05, 0.1) is 5.69 Å². The van der Waals surface area contributed by atoms with Crippen molar-refractivity contribution in [1.82, 2.24) is 0 Å². The van der Waals surface area contributed by atoms with Gasteiger partial charge in [-0.1, -0.05) is 26.0 Å². The molecule has 0 aliphatic heterocycles. The van der Waals surface area contributed by atoms with Crippen molar-refractivity contribution in [3.05, 3.63) is 29.3 Å². The van der Waals surface area contributed by atoms with E-state index < -0.39 is 0 Å². The molecule has 0 saturated heterocycles. The van der Waals surface area contributed by atoms with Gasteiger partial charge in [0, 0.05) is 0 Å².